The predicted molar refractivity (Wildman–Crippen MR) is 59.8 cm³/mol. The molecule has 1 fully saturated rings. The highest BCUT2D eigenvalue weighted by molar-refractivity contribution is 5.88. The molecule has 0 amide bonds. The highest BCUT2D eigenvalue weighted by Crippen LogP contribution is 2.21. The lowest BCUT2D eigenvalue weighted by atomic mass is 10.1. The van der Waals surface area contributed by atoms with Gasteiger partial charge in [0.1, 0.15) is 0 Å². The Hall–Kier alpha value is -1.43. The first-order valence-corrected chi connectivity index (χ1v) is 5.90. The number of ether oxygens (including phenoxy) is 2. The van der Waals surface area contributed by atoms with Gasteiger partial charge in [0.2, 0.25) is 0 Å². The average molecular weight is 239 g/mol. The number of carbonyl (C=O) groups excluding carboxylic acids is 1. The molecule has 0 N–H and O–H groups in total. The van der Waals surface area contributed by atoms with Gasteiger partial charge in [-0.15, -0.1) is 5.10 Å². The molecule has 0 saturated carbocycles. The van der Waals surface area contributed by atoms with Gasteiger partial charge in [-0.1, -0.05) is 5.21 Å². The summed E-state index contributed by atoms with van der Waals surface area (Å²) in [5.74, 6) is -0.409. The summed E-state index contributed by atoms with van der Waals surface area (Å²) in [7, 11) is 0. The number of rotatable bonds is 3. The zero-order valence-electron chi connectivity index (χ0n) is 10.2. The van der Waals surface area contributed by atoms with E-state index in [1.165, 1.54) is 0 Å². The second kappa shape index (κ2) is 5.27. The molecule has 0 spiro atoms. The zero-order chi connectivity index (χ0) is 12.3. The molecular weight excluding hydrogens is 222 g/mol. The van der Waals surface area contributed by atoms with Gasteiger partial charge in [0, 0.05) is 6.61 Å². The van der Waals surface area contributed by atoms with E-state index in [2.05, 4.69) is 10.3 Å². The Morgan fingerprint density at radius 1 is 1.65 bits per heavy atom. The highest BCUT2D eigenvalue weighted by Gasteiger charge is 2.23. The molecule has 17 heavy (non-hydrogen) atoms. The van der Waals surface area contributed by atoms with Gasteiger partial charge in [0.05, 0.1) is 24.9 Å². The Bertz CT molecular complexity index is 397. The minimum Gasteiger partial charge on any atom is -0.461 e. The molecule has 0 radical (unpaired) electrons. The second-order valence-electron chi connectivity index (χ2n) is 4.06. The van der Waals surface area contributed by atoms with Crippen molar-refractivity contribution in [3.8, 4) is 0 Å². The lowest BCUT2D eigenvalue weighted by Gasteiger charge is -2.22. The van der Waals surface area contributed by atoms with E-state index in [1.807, 2.05) is 6.92 Å². The number of hydrogen-bond donors (Lipinski definition) is 0. The molecular formula is C11H17N3O3. The first-order chi connectivity index (χ1) is 8.24. The Labute approximate surface area is 99.9 Å². The van der Waals surface area contributed by atoms with E-state index in [4.69, 9.17) is 9.47 Å². The van der Waals surface area contributed by atoms with Crippen LogP contribution in [0.4, 0.5) is 0 Å². The van der Waals surface area contributed by atoms with Crippen LogP contribution in [0.5, 0.6) is 0 Å². The molecule has 1 aliphatic heterocycles. The molecule has 94 valence electrons. The Balaban J connectivity index is 2.16. The van der Waals surface area contributed by atoms with Crippen LogP contribution >= 0.6 is 0 Å². The minimum absolute atomic E-state index is 0.180. The smallest absolute Gasteiger partial charge is 0.360 e. The van der Waals surface area contributed by atoms with Gasteiger partial charge in [-0.3, -0.25) is 0 Å². The van der Waals surface area contributed by atoms with Gasteiger partial charge in [-0.05, 0) is 26.7 Å². The summed E-state index contributed by atoms with van der Waals surface area (Å²) in [5, 5.41) is 7.92. The van der Waals surface area contributed by atoms with E-state index in [1.54, 1.807) is 11.6 Å². The summed E-state index contributed by atoms with van der Waals surface area (Å²) in [4.78, 5) is 11.6. The fraction of sp³-hybridized carbons (Fsp3) is 0.727. The fourth-order valence-corrected chi connectivity index (χ4v) is 1.99. The monoisotopic (exact) mass is 239 g/mol. The van der Waals surface area contributed by atoms with Gasteiger partial charge < -0.3 is 9.47 Å². The van der Waals surface area contributed by atoms with Crippen LogP contribution in [0.3, 0.4) is 0 Å². The van der Waals surface area contributed by atoms with Gasteiger partial charge >= 0.3 is 5.97 Å². The summed E-state index contributed by atoms with van der Waals surface area (Å²) >= 11 is 0. The average Bonchev–Trinajstić information content (AvgIpc) is 2.72. The van der Waals surface area contributed by atoms with Crippen molar-refractivity contribution in [1.82, 2.24) is 15.0 Å². The molecule has 1 saturated heterocycles. The standard InChI is InChI=1S/C11H17N3O3/c1-3-17-11(15)10-8(2)14(13-12-10)9-5-4-6-16-7-9/h9H,3-7H2,1-2H3. The molecule has 6 nitrogen and oxygen atoms in total. The molecule has 1 aromatic heterocycles. The van der Waals surface area contributed by atoms with Gasteiger partial charge in [-0.2, -0.15) is 0 Å². The quantitative estimate of drug-likeness (QED) is 0.739. The van der Waals surface area contributed by atoms with Crippen LogP contribution < -0.4 is 0 Å². The topological polar surface area (TPSA) is 66.2 Å². The molecule has 1 atom stereocenters. The minimum atomic E-state index is -0.409. The van der Waals surface area contributed by atoms with E-state index in [0.29, 0.717) is 18.9 Å². The van der Waals surface area contributed by atoms with Crippen LogP contribution in [0.15, 0.2) is 0 Å². The number of aromatic nitrogens is 3. The fourth-order valence-electron chi connectivity index (χ4n) is 1.99. The summed E-state index contributed by atoms with van der Waals surface area (Å²) in [6.45, 7) is 5.38. The van der Waals surface area contributed by atoms with Crippen molar-refractivity contribution in [3.63, 3.8) is 0 Å². The summed E-state index contributed by atoms with van der Waals surface area (Å²) < 4.78 is 12.1. The summed E-state index contributed by atoms with van der Waals surface area (Å²) in [6.07, 6.45) is 2.02. The van der Waals surface area contributed by atoms with Crippen LogP contribution in [0.25, 0.3) is 0 Å². The highest BCUT2D eigenvalue weighted by atomic mass is 16.5. The SMILES string of the molecule is CCOC(=O)c1nnn(C2CCCOC2)c1C. The van der Waals surface area contributed by atoms with Crippen molar-refractivity contribution in [2.24, 2.45) is 0 Å². The van der Waals surface area contributed by atoms with Crippen LogP contribution in [-0.4, -0.2) is 40.8 Å². The zero-order valence-corrected chi connectivity index (χ0v) is 10.2. The summed E-state index contributed by atoms with van der Waals surface area (Å²) in [6, 6.07) is 0.180. The number of hydrogen-bond acceptors (Lipinski definition) is 5. The lowest BCUT2D eigenvalue weighted by Crippen LogP contribution is -2.23. The number of carbonyl (C=O) groups is 1. The van der Waals surface area contributed by atoms with Gasteiger partial charge in [0.25, 0.3) is 0 Å². The number of nitrogens with zero attached hydrogens (tertiary/aromatic N) is 3. The van der Waals surface area contributed by atoms with E-state index < -0.39 is 5.97 Å². The number of esters is 1. The van der Waals surface area contributed by atoms with Gasteiger partial charge in [-0.25, -0.2) is 9.48 Å². The predicted octanol–water partition coefficient (Wildman–Crippen LogP) is 1.11. The molecule has 6 heteroatoms. The third-order valence-corrected chi connectivity index (χ3v) is 2.88. The van der Waals surface area contributed by atoms with E-state index in [9.17, 15) is 4.79 Å². The second-order valence-corrected chi connectivity index (χ2v) is 4.06. The largest absolute Gasteiger partial charge is 0.461 e. The Morgan fingerprint density at radius 2 is 2.47 bits per heavy atom. The first kappa shape index (κ1) is 12.0. The Kier molecular flexibility index (Phi) is 3.73. The molecule has 1 aromatic rings. The third kappa shape index (κ3) is 2.46. The van der Waals surface area contributed by atoms with Crippen molar-refractivity contribution in [2.75, 3.05) is 19.8 Å². The van der Waals surface area contributed by atoms with Crippen molar-refractivity contribution >= 4 is 5.97 Å². The molecule has 0 aromatic carbocycles. The molecule has 2 rings (SSSR count). The molecule has 1 aliphatic rings. The van der Waals surface area contributed by atoms with E-state index in [0.717, 1.165) is 25.1 Å². The van der Waals surface area contributed by atoms with Crippen molar-refractivity contribution in [2.45, 2.75) is 32.7 Å². The maximum atomic E-state index is 11.6. The molecule has 1 unspecified atom stereocenters. The first-order valence-electron chi connectivity index (χ1n) is 5.90. The van der Waals surface area contributed by atoms with E-state index in [-0.39, 0.29) is 6.04 Å². The van der Waals surface area contributed by atoms with E-state index >= 15 is 0 Å². The maximum absolute atomic E-state index is 11.6. The maximum Gasteiger partial charge on any atom is 0.360 e. The van der Waals surface area contributed by atoms with Crippen molar-refractivity contribution in [3.05, 3.63) is 11.4 Å². The third-order valence-electron chi connectivity index (χ3n) is 2.88. The van der Waals surface area contributed by atoms with Gasteiger partial charge in [0.15, 0.2) is 5.69 Å². The molecule has 0 aliphatic carbocycles. The molecule has 0 bridgehead atoms. The molecule has 2 heterocycles. The van der Waals surface area contributed by atoms with Crippen molar-refractivity contribution < 1.29 is 14.3 Å². The van der Waals surface area contributed by atoms with Crippen molar-refractivity contribution in [1.29, 1.82) is 0 Å². The Morgan fingerprint density at radius 3 is 3.12 bits per heavy atom. The van der Waals surface area contributed by atoms with Crippen LogP contribution in [0.1, 0.15) is 42.0 Å². The van der Waals surface area contributed by atoms with Crippen LogP contribution in [0.2, 0.25) is 0 Å². The van der Waals surface area contributed by atoms with Crippen LogP contribution in [-0.2, 0) is 9.47 Å². The normalized spacial score (nSPS) is 20.2. The summed E-state index contributed by atoms with van der Waals surface area (Å²) in [5.41, 5.74) is 1.05. The van der Waals surface area contributed by atoms with Crippen LogP contribution in [0, 0.1) is 6.92 Å². The lowest BCUT2D eigenvalue weighted by molar-refractivity contribution is 0.0510.